The van der Waals surface area contributed by atoms with E-state index in [1.54, 1.807) is 0 Å². The van der Waals surface area contributed by atoms with Gasteiger partial charge in [0.1, 0.15) is 23.6 Å². The largest absolute Gasteiger partial charge is 0.489 e. The molecular weight excluding hydrogens is 484 g/mol. The number of aliphatic carboxylic acids is 1. The summed E-state index contributed by atoms with van der Waals surface area (Å²) in [5.41, 5.74) is 2.49. The molecule has 1 amide bonds. The van der Waals surface area contributed by atoms with Crippen LogP contribution in [-0.2, 0) is 22.6 Å². The second-order valence-electron chi connectivity index (χ2n) is 11.4. The van der Waals surface area contributed by atoms with Crippen LogP contribution in [0.3, 0.4) is 0 Å². The first kappa shape index (κ1) is 27.8. The lowest BCUT2D eigenvalue weighted by Crippen LogP contribution is -2.39. The molecule has 1 aliphatic heterocycles. The third kappa shape index (κ3) is 6.98. The van der Waals surface area contributed by atoms with Gasteiger partial charge in [0.25, 0.3) is 0 Å². The van der Waals surface area contributed by atoms with Crippen LogP contribution in [-0.4, -0.2) is 57.4 Å². The molecule has 3 N–H and O–H groups in total. The number of rotatable bonds is 9. The molecule has 8 heteroatoms. The third-order valence-corrected chi connectivity index (χ3v) is 7.18. The molecule has 2 aromatic carbocycles. The predicted molar refractivity (Wildman–Crippen MR) is 145 cm³/mol. The van der Waals surface area contributed by atoms with Crippen molar-refractivity contribution in [3.8, 4) is 11.5 Å². The lowest BCUT2D eigenvalue weighted by atomic mass is 9.97. The van der Waals surface area contributed by atoms with E-state index in [9.17, 15) is 19.8 Å². The summed E-state index contributed by atoms with van der Waals surface area (Å²) in [7, 11) is 0. The molecule has 1 aliphatic carbocycles. The van der Waals surface area contributed by atoms with E-state index in [0.717, 1.165) is 34.7 Å². The maximum Gasteiger partial charge on any atom is 0.323 e. The average Bonchev–Trinajstić information content (AvgIpc) is 3.03. The molecule has 1 saturated carbocycles. The van der Waals surface area contributed by atoms with Crippen LogP contribution in [0.15, 0.2) is 42.5 Å². The Balaban J connectivity index is 1.44. The highest BCUT2D eigenvalue weighted by Gasteiger charge is 2.34. The zero-order chi connectivity index (χ0) is 27.4. The molecular formula is C30H40N2O6. The molecule has 4 rings (SSSR count). The highest BCUT2D eigenvalue weighted by molar-refractivity contribution is 5.83. The Morgan fingerprint density at radius 2 is 1.87 bits per heavy atom. The number of benzene rings is 2. The van der Waals surface area contributed by atoms with E-state index in [1.807, 2.05) is 70.2 Å². The minimum Gasteiger partial charge on any atom is -0.489 e. The topological polar surface area (TPSA) is 108 Å². The summed E-state index contributed by atoms with van der Waals surface area (Å²) in [6.45, 7) is 7.86. The van der Waals surface area contributed by atoms with Gasteiger partial charge in [-0.2, -0.15) is 0 Å². The van der Waals surface area contributed by atoms with Crippen molar-refractivity contribution in [3.05, 3.63) is 53.6 Å². The zero-order valence-corrected chi connectivity index (χ0v) is 22.8. The highest BCUT2D eigenvalue weighted by Crippen LogP contribution is 2.36. The molecule has 1 heterocycles. The van der Waals surface area contributed by atoms with E-state index >= 15 is 0 Å². The van der Waals surface area contributed by atoms with Crippen molar-refractivity contribution in [3.63, 3.8) is 0 Å². The summed E-state index contributed by atoms with van der Waals surface area (Å²) in [5.74, 6) is -0.0108. The molecule has 2 aliphatic rings. The molecule has 2 aromatic rings. The molecule has 0 bridgehead atoms. The van der Waals surface area contributed by atoms with E-state index in [0.29, 0.717) is 25.7 Å². The molecule has 38 heavy (non-hydrogen) atoms. The Bertz CT molecular complexity index is 1150. The number of nitrogens with one attached hydrogen (secondary N) is 1. The fraction of sp³-hybridized carbons (Fsp3) is 0.533. The van der Waals surface area contributed by atoms with Crippen LogP contribution in [0.25, 0.3) is 0 Å². The number of carbonyl (C=O) groups excluding carboxylic acids is 1. The first-order chi connectivity index (χ1) is 18.0. The van der Waals surface area contributed by atoms with Gasteiger partial charge in [0.2, 0.25) is 5.91 Å². The number of aliphatic hydroxyl groups is 1. The van der Waals surface area contributed by atoms with Gasteiger partial charge in [0, 0.05) is 18.9 Å². The van der Waals surface area contributed by atoms with E-state index in [-0.39, 0.29) is 42.7 Å². The molecule has 0 spiro atoms. The summed E-state index contributed by atoms with van der Waals surface area (Å²) in [6.07, 6.45) is 2.25. The van der Waals surface area contributed by atoms with Gasteiger partial charge in [-0.25, -0.2) is 0 Å². The van der Waals surface area contributed by atoms with Crippen molar-refractivity contribution < 1.29 is 29.3 Å². The number of anilines is 1. The number of para-hydroxylation sites is 2. The summed E-state index contributed by atoms with van der Waals surface area (Å²) in [4.78, 5) is 26.7. The zero-order valence-electron chi connectivity index (χ0n) is 22.8. The number of ether oxygens (including phenoxy) is 2. The number of carboxylic acids is 1. The quantitative estimate of drug-likeness (QED) is 0.411. The average molecular weight is 525 g/mol. The van der Waals surface area contributed by atoms with E-state index in [1.165, 1.54) is 4.90 Å². The Kier molecular flexibility index (Phi) is 8.51. The van der Waals surface area contributed by atoms with Gasteiger partial charge in [-0.3, -0.25) is 9.59 Å². The van der Waals surface area contributed by atoms with Gasteiger partial charge in [-0.05, 0) is 82.7 Å². The maximum absolute atomic E-state index is 13.6. The fourth-order valence-corrected chi connectivity index (χ4v) is 5.46. The molecule has 1 fully saturated rings. The van der Waals surface area contributed by atoms with Crippen molar-refractivity contribution >= 4 is 17.6 Å². The molecule has 0 radical (unpaired) electrons. The molecule has 8 nitrogen and oxygen atoms in total. The SMILES string of the molecule is CC(C)Oc1ccccc1N[C@H]1CC[C@@H](C(=O)N(CC(=O)O)Cc2ccc3c(c2)CC(C)(C)O3)CC[C@@H]1O. The second-order valence-corrected chi connectivity index (χ2v) is 11.4. The van der Waals surface area contributed by atoms with Crippen LogP contribution in [0.4, 0.5) is 5.69 Å². The fourth-order valence-electron chi connectivity index (χ4n) is 5.46. The number of aliphatic hydroxyl groups excluding tert-OH is 1. The van der Waals surface area contributed by atoms with Crippen LogP contribution in [0.2, 0.25) is 0 Å². The van der Waals surface area contributed by atoms with Crippen molar-refractivity contribution in [2.24, 2.45) is 5.92 Å². The van der Waals surface area contributed by atoms with Crippen LogP contribution in [0, 0.1) is 5.92 Å². The second kappa shape index (κ2) is 11.6. The summed E-state index contributed by atoms with van der Waals surface area (Å²) in [6, 6.07) is 13.2. The van der Waals surface area contributed by atoms with Crippen LogP contribution >= 0.6 is 0 Å². The number of hydrogen-bond acceptors (Lipinski definition) is 6. The summed E-state index contributed by atoms with van der Waals surface area (Å²) in [5, 5.41) is 23.9. The predicted octanol–water partition coefficient (Wildman–Crippen LogP) is 4.63. The molecule has 0 aromatic heterocycles. The maximum atomic E-state index is 13.6. The summed E-state index contributed by atoms with van der Waals surface area (Å²) >= 11 is 0. The summed E-state index contributed by atoms with van der Waals surface area (Å²) < 4.78 is 11.9. The minimum absolute atomic E-state index is 0.0175. The van der Waals surface area contributed by atoms with Gasteiger partial charge in [0.05, 0.1) is 23.9 Å². The van der Waals surface area contributed by atoms with Gasteiger partial charge in [0.15, 0.2) is 0 Å². The van der Waals surface area contributed by atoms with Crippen molar-refractivity contribution in [2.45, 2.75) is 90.2 Å². The van der Waals surface area contributed by atoms with Crippen molar-refractivity contribution in [1.29, 1.82) is 0 Å². The van der Waals surface area contributed by atoms with Gasteiger partial charge < -0.3 is 29.9 Å². The Morgan fingerprint density at radius 1 is 1.13 bits per heavy atom. The molecule has 206 valence electrons. The molecule has 0 saturated heterocycles. The number of nitrogens with zero attached hydrogens (tertiary/aromatic N) is 1. The minimum atomic E-state index is -1.04. The standard InChI is InChI=1S/C30H40N2O6/c1-19(2)37-27-8-6-5-7-24(27)31-23-12-10-21(11-13-25(23)33)29(36)32(18-28(34)35)17-20-9-14-26-22(15-20)16-30(3,4)38-26/h5-9,14-15,19,21,23,25,31,33H,10-13,16-18H2,1-4H3,(H,34,35)/t21-,23+,25+/m1/s1. The third-order valence-electron chi connectivity index (χ3n) is 7.18. The number of amides is 1. The lowest BCUT2D eigenvalue weighted by molar-refractivity contribution is -0.147. The van der Waals surface area contributed by atoms with Crippen LogP contribution in [0.1, 0.15) is 64.5 Å². The Hall–Kier alpha value is -3.26. The van der Waals surface area contributed by atoms with Gasteiger partial charge in [-0.1, -0.05) is 24.3 Å². The highest BCUT2D eigenvalue weighted by atomic mass is 16.5. The first-order valence-corrected chi connectivity index (χ1v) is 13.5. The Morgan fingerprint density at radius 3 is 2.61 bits per heavy atom. The van der Waals surface area contributed by atoms with Crippen LogP contribution in [0.5, 0.6) is 11.5 Å². The molecule has 3 atom stereocenters. The number of hydrogen-bond donors (Lipinski definition) is 3. The van der Waals surface area contributed by atoms with E-state index < -0.39 is 12.1 Å². The normalized spacial score (nSPS) is 22.2. The number of carbonyl (C=O) groups is 2. The van der Waals surface area contributed by atoms with E-state index in [4.69, 9.17) is 9.47 Å². The van der Waals surface area contributed by atoms with Crippen molar-refractivity contribution in [2.75, 3.05) is 11.9 Å². The first-order valence-electron chi connectivity index (χ1n) is 13.5. The lowest BCUT2D eigenvalue weighted by Gasteiger charge is -2.26. The number of fused-ring (bicyclic) bond motifs is 1. The van der Waals surface area contributed by atoms with E-state index in [2.05, 4.69) is 5.32 Å². The van der Waals surface area contributed by atoms with Gasteiger partial charge in [-0.15, -0.1) is 0 Å². The van der Waals surface area contributed by atoms with Crippen LogP contribution < -0.4 is 14.8 Å². The molecule has 0 unspecified atom stereocenters. The number of carboxylic acid groups (broad SMARTS) is 1. The Labute approximate surface area is 224 Å². The smallest absolute Gasteiger partial charge is 0.323 e. The van der Waals surface area contributed by atoms with Gasteiger partial charge >= 0.3 is 5.97 Å². The monoisotopic (exact) mass is 524 g/mol. The van der Waals surface area contributed by atoms with Crippen molar-refractivity contribution in [1.82, 2.24) is 4.90 Å².